The van der Waals surface area contributed by atoms with Crippen molar-refractivity contribution in [3.05, 3.63) is 65.8 Å². The number of carbonyl (C=O) groups is 1. The third kappa shape index (κ3) is 5.47. The van der Waals surface area contributed by atoms with Gasteiger partial charge >= 0.3 is 0 Å². The molecule has 0 unspecified atom stereocenters. The molecule has 44 heavy (non-hydrogen) atoms. The van der Waals surface area contributed by atoms with Crippen molar-refractivity contribution in [1.82, 2.24) is 14.8 Å². The predicted octanol–water partition coefficient (Wildman–Crippen LogP) is 5.91. The fourth-order valence-corrected chi connectivity index (χ4v) is 7.45. The van der Waals surface area contributed by atoms with E-state index in [4.69, 9.17) is 9.72 Å². The van der Waals surface area contributed by atoms with Gasteiger partial charge in [-0.05, 0) is 61.5 Å². The summed E-state index contributed by atoms with van der Waals surface area (Å²) >= 11 is 1.57. The van der Waals surface area contributed by atoms with Crippen LogP contribution in [0.4, 0.5) is 10.1 Å². The molecule has 1 amide bonds. The van der Waals surface area contributed by atoms with Crippen molar-refractivity contribution in [2.75, 3.05) is 44.7 Å². The number of likely N-dealkylation sites (N-methyl/N-ethyl adjacent to an activating group) is 1. The molecule has 2 saturated heterocycles. The lowest BCUT2D eigenvalue weighted by molar-refractivity contribution is -0.128. The van der Waals surface area contributed by atoms with Crippen molar-refractivity contribution in [2.24, 2.45) is 0 Å². The van der Waals surface area contributed by atoms with E-state index < -0.39 is 6.04 Å². The summed E-state index contributed by atoms with van der Waals surface area (Å²) in [6.45, 7) is 6.18. The van der Waals surface area contributed by atoms with E-state index in [0.717, 1.165) is 35.0 Å². The van der Waals surface area contributed by atoms with Crippen LogP contribution in [0.3, 0.4) is 0 Å². The summed E-state index contributed by atoms with van der Waals surface area (Å²) in [6, 6.07) is 15.5. The Morgan fingerprint density at radius 3 is 2.80 bits per heavy atom. The number of pyridine rings is 1. The minimum absolute atomic E-state index is 0.0146. The molecule has 0 radical (unpaired) electrons. The number of hydrogen-bond acceptors (Lipinski definition) is 8. The zero-order valence-electron chi connectivity index (χ0n) is 24.6. The third-order valence-corrected chi connectivity index (χ3v) is 9.76. The van der Waals surface area contributed by atoms with Crippen molar-refractivity contribution < 1.29 is 13.9 Å². The summed E-state index contributed by atoms with van der Waals surface area (Å²) in [5.74, 6) is -0.257. The zero-order chi connectivity index (χ0) is 30.8. The number of likely N-dealkylation sites (tertiary alicyclic amines) is 1. The van der Waals surface area contributed by atoms with Gasteiger partial charge in [-0.3, -0.25) is 4.79 Å². The second-order valence-corrected chi connectivity index (χ2v) is 12.3. The van der Waals surface area contributed by atoms with Crippen LogP contribution in [0.15, 0.2) is 54.4 Å². The number of nitriles is 2. The highest BCUT2D eigenvalue weighted by atomic mass is 32.1. The van der Waals surface area contributed by atoms with Crippen molar-refractivity contribution in [3.63, 3.8) is 0 Å². The van der Waals surface area contributed by atoms with Crippen LogP contribution in [0.25, 0.3) is 32.1 Å². The maximum atomic E-state index is 16.2. The highest BCUT2D eigenvalue weighted by molar-refractivity contribution is 7.17. The summed E-state index contributed by atoms with van der Waals surface area (Å²) in [4.78, 5) is 23.5. The molecule has 4 aromatic rings. The first-order valence-corrected chi connectivity index (χ1v) is 15.7. The molecule has 4 heterocycles. The Bertz CT molecular complexity index is 1820. The number of benzene rings is 2. The number of nitrogens with zero attached hydrogens (tertiary/aromatic N) is 6. The van der Waals surface area contributed by atoms with Gasteiger partial charge in [0.1, 0.15) is 12.4 Å². The molecule has 6 rings (SSSR count). The topological polar surface area (TPSA) is 96.5 Å². The molecule has 10 heteroatoms. The number of thiophene rings is 1. The van der Waals surface area contributed by atoms with Crippen molar-refractivity contribution in [3.8, 4) is 29.1 Å². The lowest BCUT2D eigenvalue weighted by Crippen LogP contribution is -2.55. The Morgan fingerprint density at radius 2 is 2.05 bits per heavy atom. The quantitative estimate of drug-likeness (QED) is 0.230. The average Bonchev–Trinajstić information content (AvgIpc) is 3.68. The number of aromatic nitrogens is 1. The second kappa shape index (κ2) is 12.6. The fourth-order valence-electron chi connectivity index (χ4n) is 6.53. The molecule has 2 aromatic carbocycles. The molecule has 2 fully saturated rings. The van der Waals surface area contributed by atoms with Gasteiger partial charge in [0.15, 0.2) is 0 Å². The number of piperazine rings is 1. The summed E-state index contributed by atoms with van der Waals surface area (Å²) in [5, 5.41) is 23.1. The molecule has 0 bridgehead atoms. The molecule has 2 aliphatic rings. The first-order chi connectivity index (χ1) is 21.4. The molecular formula is C34H33FN6O2S. The van der Waals surface area contributed by atoms with E-state index in [2.05, 4.69) is 35.6 Å². The molecule has 0 aliphatic carbocycles. The number of hydrogen-bond donors (Lipinski definition) is 0. The van der Waals surface area contributed by atoms with E-state index in [9.17, 15) is 15.3 Å². The van der Waals surface area contributed by atoms with Crippen LogP contribution in [-0.2, 0) is 11.2 Å². The Morgan fingerprint density at radius 1 is 1.18 bits per heavy atom. The largest absolute Gasteiger partial charge is 0.476 e. The smallest absolute Gasteiger partial charge is 0.246 e. The van der Waals surface area contributed by atoms with Crippen molar-refractivity contribution in [1.29, 1.82) is 10.5 Å². The molecule has 2 aliphatic heterocycles. The molecule has 0 N–H and O–H groups in total. The van der Waals surface area contributed by atoms with Gasteiger partial charge < -0.3 is 19.4 Å². The molecule has 0 spiro atoms. The van der Waals surface area contributed by atoms with E-state index >= 15 is 4.39 Å². The summed E-state index contributed by atoms with van der Waals surface area (Å²) < 4.78 is 23.6. The van der Waals surface area contributed by atoms with E-state index in [1.54, 1.807) is 22.3 Å². The van der Waals surface area contributed by atoms with E-state index in [0.29, 0.717) is 59.8 Å². The van der Waals surface area contributed by atoms with Crippen LogP contribution in [0.2, 0.25) is 0 Å². The van der Waals surface area contributed by atoms with Crippen LogP contribution >= 0.6 is 11.3 Å². The summed E-state index contributed by atoms with van der Waals surface area (Å²) in [6.07, 6.45) is 3.52. The average molecular weight is 609 g/mol. The van der Waals surface area contributed by atoms with Gasteiger partial charge in [-0.1, -0.05) is 24.8 Å². The molecule has 2 atom stereocenters. The normalized spacial score (nSPS) is 18.8. The van der Waals surface area contributed by atoms with Crippen molar-refractivity contribution >= 4 is 43.9 Å². The Balaban J connectivity index is 1.51. The van der Waals surface area contributed by atoms with Gasteiger partial charge in [0.25, 0.3) is 0 Å². The number of anilines is 1. The molecule has 0 saturated carbocycles. The van der Waals surface area contributed by atoms with Gasteiger partial charge in [0.2, 0.25) is 11.8 Å². The first kappa shape index (κ1) is 29.6. The van der Waals surface area contributed by atoms with E-state index in [-0.39, 0.29) is 30.6 Å². The Kier molecular flexibility index (Phi) is 8.47. The Hall–Kier alpha value is -4.51. The van der Waals surface area contributed by atoms with E-state index in [1.165, 1.54) is 12.1 Å². The van der Waals surface area contributed by atoms with Crippen LogP contribution < -0.4 is 9.64 Å². The highest BCUT2D eigenvalue weighted by Gasteiger charge is 2.33. The van der Waals surface area contributed by atoms with Crippen LogP contribution in [0.5, 0.6) is 5.88 Å². The van der Waals surface area contributed by atoms with Crippen LogP contribution in [-0.4, -0.2) is 72.6 Å². The standard InChI is InChI=1S/C34H33FN6O2S/c1-3-31(42)41-16-15-40(20-23(41)9-12-36)32-26(10-13-37)34(43-21-24-7-5-14-39(24)2)38-30-19-27(29(35)18-28(30)32)25-8-4-6-22-11-17-44-33(22)25/h3-4,6,8,11,17-19,23-24H,1,5,7,9-10,14-16,20-21H2,2H3/t23-,24-/m0/s1. The van der Waals surface area contributed by atoms with Crippen molar-refractivity contribution in [2.45, 2.75) is 37.8 Å². The van der Waals surface area contributed by atoms with E-state index in [1.807, 2.05) is 29.6 Å². The number of rotatable bonds is 8. The molecule has 8 nitrogen and oxygen atoms in total. The van der Waals surface area contributed by atoms with Crippen LogP contribution in [0, 0.1) is 28.5 Å². The molecule has 2 aromatic heterocycles. The first-order valence-electron chi connectivity index (χ1n) is 14.8. The number of carbonyl (C=O) groups excluding carboxylic acids is 1. The second-order valence-electron chi connectivity index (χ2n) is 11.4. The SMILES string of the molecule is C=CC(=O)N1CCN(c2c(CC#N)c(OC[C@@H]3CCCN3C)nc3cc(-c4cccc5ccsc45)c(F)cc23)C[C@@H]1CC#N. The van der Waals surface area contributed by atoms with Gasteiger partial charge in [-0.25, -0.2) is 9.37 Å². The minimum Gasteiger partial charge on any atom is -0.476 e. The van der Waals surface area contributed by atoms with Gasteiger partial charge in [-0.2, -0.15) is 10.5 Å². The Labute approximate surface area is 260 Å². The number of halogens is 1. The summed E-state index contributed by atoms with van der Waals surface area (Å²) in [7, 11) is 2.08. The number of ether oxygens (including phenoxy) is 1. The zero-order valence-corrected chi connectivity index (χ0v) is 25.4. The maximum Gasteiger partial charge on any atom is 0.246 e. The van der Waals surface area contributed by atoms with Gasteiger partial charge in [0, 0.05) is 46.9 Å². The lowest BCUT2D eigenvalue weighted by atomic mass is 9.98. The van der Waals surface area contributed by atoms with Gasteiger partial charge in [0.05, 0.1) is 47.8 Å². The highest BCUT2D eigenvalue weighted by Crippen LogP contribution is 2.41. The predicted molar refractivity (Wildman–Crippen MR) is 171 cm³/mol. The number of amides is 1. The maximum absolute atomic E-state index is 16.2. The van der Waals surface area contributed by atoms with Crippen LogP contribution in [0.1, 0.15) is 24.8 Å². The van der Waals surface area contributed by atoms with Gasteiger partial charge in [-0.15, -0.1) is 11.3 Å². The molecular weight excluding hydrogens is 575 g/mol. The molecule has 224 valence electrons. The number of fused-ring (bicyclic) bond motifs is 2. The minimum atomic E-state index is -0.394. The third-order valence-electron chi connectivity index (χ3n) is 8.80. The monoisotopic (exact) mass is 608 g/mol. The lowest BCUT2D eigenvalue weighted by Gasteiger charge is -2.42. The summed E-state index contributed by atoms with van der Waals surface area (Å²) in [5.41, 5.74) is 3.05. The fraction of sp³-hybridized carbons (Fsp3) is 0.353.